The van der Waals surface area contributed by atoms with Crippen LogP contribution >= 0.6 is 0 Å². The van der Waals surface area contributed by atoms with Crippen molar-refractivity contribution in [2.75, 3.05) is 10.0 Å². The van der Waals surface area contributed by atoms with Crippen LogP contribution in [0.5, 0.6) is 0 Å². The third-order valence-electron chi connectivity index (χ3n) is 3.29. The summed E-state index contributed by atoms with van der Waals surface area (Å²) in [5.41, 5.74) is 1.52. The van der Waals surface area contributed by atoms with Gasteiger partial charge < -0.3 is 5.32 Å². The van der Waals surface area contributed by atoms with Crippen molar-refractivity contribution in [2.45, 2.75) is 11.8 Å². The zero-order chi connectivity index (χ0) is 17.9. The smallest absolute Gasteiger partial charge is 0.264 e. The number of hydrogen-bond acceptors (Lipinski definition) is 6. The summed E-state index contributed by atoms with van der Waals surface area (Å²) in [6.07, 6.45) is 4.29. The summed E-state index contributed by atoms with van der Waals surface area (Å²) in [4.78, 5) is 19.8. The van der Waals surface area contributed by atoms with Crippen LogP contribution in [0.1, 0.15) is 16.1 Å². The second-order valence-electron chi connectivity index (χ2n) is 5.07. The number of aryl methyl sites for hydroxylation is 1. The Labute approximate surface area is 143 Å². The van der Waals surface area contributed by atoms with Crippen LogP contribution in [0.15, 0.2) is 53.8 Å². The molecule has 1 amide bonds. The highest BCUT2D eigenvalue weighted by Gasteiger charge is 2.16. The van der Waals surface area contributed by atoms with Gasteiger partial charge in [-0.15, -0.1) is 0 Å². The van der Waals surface area contributed by atoms with E-state index in [0.717, 1.165) is 0 Å². The SMILES string of the molecule is Cc1[nH]ncc1C(=O)Nc1ccc(S(=O)(=O)Nc2ncccn2)cc1. The van der Waals surface area contributed by atoms with Gasteiger partial charge in [0.2, 0.25) is 5.95 Å². The Morgan fingerprint density at radius 3 is 2.40 bits per heavy atom. The Hall–Kier alpha value is -3.27. The fourth-order valence-corrected chi connectivity index (χ4v) is 2.98. The first-order valence-corrected chi connectivity index (χ1v) is 8.65. The van der Waals surface area contributed by atoms with Gasteiger partial charge in [-0.3, -0.25) is 9.89 Å². The number of sulfonamides is 1. The van der Waals surface area contributed by atoms with Gasteiger partial charge in [0.15, 0.2) is 0 Å². The molecule has 3 aromatic rings. The normalized spacial score (nSPS) is 11.1. The summed E-state index contributed by atoms with van der Waals surface area (Å²) in [6.45, 7) is 1.73. The van der Waals surface area contributed by atoms with E-state index in [1.165, 1.54) is 42.9 Å². The summed E-state index contributed by atoms with van der Waals surface area (Å²) in [6, 6.07) is 7.32. The summed E-state index contributed by atoms with van der Waals surface area (Å²) < 4.78 is 26.8. The summed E-state index contributed by atoms with van der Waals surface area (Å²) in [5, 5.41) is 9.14. The van der Waals surface area contributed by atoms with Crippen LogP contribution in [0.3, 0.4) is 0 Å². The molecule has 0 fully saturated rings. The topological polar surface area (TPSA) is 130 Å². The van der Waals surface area contributed by atoms with Crippen LogP contribution in [0.2, 0.25) is 0 Å². The van der Waals surface area contributed by atoms with Gasteiger partial charge in [-0.05, 0) is 37.3 Å². The minimum absolute atomic E-state index is 0.0182. The highest BCUT2D eigenvalue weighted by Crippen LogP contribution is 2.17. The fraction of sp³-hybridized carbons (Fsp3) is 0.0667. The molecule has 0 radical (unpaired) electrons. The van der Waals surface area contributed by atoms with E-state index in [-0.39, 0.29) is 16.8 Å². The van der Waals surface area contributed by atoms with Gasteiger partial charge in [0.05, 0.1) is 16.7 Å². The van der Waals surface area contributed by atoms with Gasteiger partial charge in [-0.25, -0.2) is 23.1 Å². The van der Waals surface area contributed by atoms with Crippen LogP contribution in [0.25, 0.3) is 0 Å². The van der Waals surface area contributed by atoms with Crippen molar-refractivity contribution in [3.8, 4) is 0 Å². The van der Waals surface area contributed by atoms with E-state index in [0.29, 0.717) is 16.9 Å². The number of amides is 1. The van der Waals surface area contributed by atoms with Crippen LogP contribution < -0.4 is 10.0 Å². The molecule has 0 bridgehead atoms. The Kier molecular flexibility index (Phi) is 4.44. The second kappa shape index (κ2) is 6.69. The molecule has 0 atom stereocenters. The number of aromatic nitrogens is 4. The molecular formula is C15H14N6O3S. The molecule has 0 aliphatic heterocycles. The number of carbonyl (C=O) groups is 1. The molecule has 2 heterocycles. The van der Waals surface area contributed by atoms with Crippen molar-refractivity contribution >= 4 is 27.6 Å². The molecule has 0 unspecified atom stereocenters. The molecule has 3 N–H and O–H groups in total. The van der Waals surface area contributed by atoms with E-state index in [2.05, 4.69) is 30.2 Å². The molecule has 2 aromatic heterocycles. The third kappa shape index (κ3) is 3.80. The van der Waals surface area contributed by atoms with Gasteiger partial charge in [0.1, 0.15) is 0 Å². The van der Waals surface area contributed by atoms with Crippen molar-refractivity contribution in [3.05, 3.63) is 60.2 Å². The number of hydrogen-bond donors (Lipinski definition) is 3. The van der Waals surface area contributed by atoms with E-state index >= 15 is 0 Å². The van der Waals surface area contributed by atoms with Crippen LogP contribution in [-0.2, 0) is 10.0 Å². The lowest BCUT2D eigenvalue weighted by atomic mass is 10.2. The Morgan fingerprint density at radius 1 is 1.12 bits per heavy atom. The lowest BCUT2D eigenvalue weighted by Crippen LogP contribution is -2.15. The maximum atomic E-state index is 12.3. The maximum absolute atomic E-state index is 12.3. The Balaban J connectivity index is 1.73. The Bertz CT molecular complexity index is 984. The predicted molar refractivity (Wildman–Crippen MR) is 90.6 cm³/mol. The van der Waals surface area contributed by atoms with E-state index in [9.17, 15) is 13.2 Å². The first-order chi connectivity index (χ1) is 12.0. The number of benzene rings is 1. The molecule has 3 rings (SSSR count). The van der Waals surface area contributed by atoms with Gasteiger partial charge in [0.25, 0.3) is 15.9 Å². The molecule has 0 aliphatic carbocycles. The molecule has 0 aliphatic rings. The molecule has 128 valence electrons. The van der Waals surface area contributed by atoms with Crippen molar-refractivity contribution in [1.29, 1.82) is 0 Å². The maximum Gasteiger partial charge on any atom is 0.264 e. The van der Waals surface area contributed by atoms with Crippen molar-refractivity contribution in [2.24, 2.45) is 0 Å². The van der Waals surface area contributed by atoms with E-state index in [1.807, 2.05) is 0 Å². The number of carbonyl (C=O) groups excluding carboxylic acids is 1. The number of aromatic amines is 1. The fourth-order valence-electron chi connectivity index (χ4n) is 2.03. The summed E-state index contributed by atoms with van der Waals surface area (Å²) in [7, 11) is -3.81. The van der Waals surface area contributed by atoms with Gasteiger partial charge in [-0.2, -0.15) is 5.10 Å². The lowest BCUT2D eigenvalue weighted by molar-refractivity contribution is 0.102. The summed E-state index contributed by atoms with van der Waals surface area (Å²) >= 11 is 0. The van der Waals surface area contributed by atoms with E-state index in [4.69, 9.17) is 0 Å². The standard InChI is InChI=1S/C15H14N6O3S/c1-10-13(9-18-20-10)14(22)19-11-3-5-12(6-4-11)25(23,24)21-15-16-7-2-8-17-15/h2-9H,1H3,(H,18,20)(H,19,22)(H,16,17,21). The highest BCUT2D eigenvalue weighted by atomic mass is 32.2. The monoisotopic (exact) mass is 358 g/mol. The van der Waals surface area contributed by atoms with Crippen LogP contribution in [0, 0.1) is 6.92 Å². The van der Waals surface area contributed by atoms with E-state index < -0.39 is 10.0 Å². The lowest BCUT2D eigenvalue weighted by Gasteiger charge is -2.08. The molecular weight excluding hydrogens is 344 g/mol. The number of rotatable bonds is 5. The summed E-state index contributed by atoms with van der Waals surface area (Å²) in [5.74, 6) is -0.354. The molecule has 10 heteroatoms. The second-order valence-corrected chi connectivity index (χ2v) is 6.75. The van der Waals surface area contributed by atoms with E-state index in [1.54, 1.807) is 13.0 Å². The van der Waals surface area contributed by atoms with Crippen LogP contribution in [0.4, 0.5) is 11.6 Å². The number of H-pyrrole nitrogens is 1. The van der Waals surface area contributed by atoms with Gasteiger partial charge in [-0.1, -0.05) is 0 Å². The zero-order valence-corrected chi connectivity index (χ0v) is 13.9. The predicted octanol–water partition coefficient (Wildman–Crippen LogP) is 1.56. The molecule has 0 saturated heterocycles. The Morgan fingerprint density at radius 2 is 1.80 bits per heavy atom. The van der Waals surface area contributed by atoms with Gasteiger partial charge >= 0.3 is 0 Å². The highest BCUT2D eigenvalue weighted by molar-refractivity contribution is 7.92. The van der Waals surface area contributed by atoms with Crippen LogP contribution in [-0.4, -0.2) is 34.5 Å². The molecule has 0 saturated carbocycles. The van der Waals surface area contributed by atoms with Crippen molar-refractivity contribution < 1.29 is 13.2 Å². The largest absolute Gasteiger partial charge is 0.322 e. The molecule has 25 heavy (non-hydrogen) atoms. The minimum Gasteiger partial charge on any atom is -0.322 e. The molecule has 9 nitrogen and oxygen atoms in total. The quantitative estimate of drug-likeness (QED) is 0.634. The van der Waals surface area contributed by atoms with Crippen molar-refractivity contribution in [1.82, 2.24) is 20.2 Å². The first kappa shape index (κ1) is 16.6. The third-order valence-corrected chi connectivity index (χ3v) is 4.63. The van der Waals surface area contributed by atoms with Crippen molar-refractivity contribution in [3.63, 3.8) is 0 Å². The minimum atomic E-state index is -3.81. The number of nitrogens with zero attached hydrogens (tertiary/aromatic N) is 3. The molecule has 0 spiro atoms. The number of anilines is 2. The van der Waals surface area contributed by atoms with Gasteiger partial charge in [0, 0.05) is 23.8 Å². The molecule has 1 aromatic carbocycles. The first-order valence-electron chi connectivity index (χ1n) is 7.17. The average molecular weight is 358 g/mol. The average Bonchev–Trinajstić information content (AvgIpc) is 3.02. The zero-order valence-electron chi connectivity index (χ0n) is 13.1. The number of nitrogens with one attached hydrogen (secondary N) is 3.